The number of imidazole rings is 1. The number of rotatable bonds is 3. The number of nitrogens with zero attached hydrogens (tertiary/aromatic N) is 4. The lowest BCUT2D eigenvalue weighted by molar-refractivity contribution is 0.480. The van der Waals surface area contributed by atoms with Crippen LogP contribution in [0.1, 0.15) is 6.42 Å². The summed E-state index contributed by atoms with van der Waals surface area (Å²) in [5.74, 6) is 0.728. The largest absolute Gasteiger partial charge is 0.365 e. The van der Waals surface area contributed by atoms with Crippen LogP contribution in [-0.2, 0) is 10.0 Å². The molecule has 3 rings (SSSR count). The molecule has 0 unspecified atom stereocenters. The highest BCUT2D eigenvalue weighted by atomic mass is 32.2. The van der Waals surface area contributed by atoms with Gasteiger partial charge in [0.25, 0.3) is 0 Å². The topological polar surface area (TPSA) is 79.6 Å². The van der Waals surface area contributed by atoms with Gasteiger partial charge >= 0.3 is 0 Å². The van der Waals surface area contributed by atoms with Crippen LogP contribution in [0.25, 0.3) is 5.65 Å². The molecule has 8 heteroatoms. The number of anilines is 1. The first-order valence-electron chi connectivity index (χ1n) is 6.04. The minimum atomic E-state index is -3.10. The van der Waals surface area contributed by atoms with Crippen LogP contribution in [0, 0.1) is 0 Å². The Morgan fingerprint density at radius 1 is 1.42 bits per heavy atom. The van der Waals surface area contributed by atoms with E-state index in [2.05, 4.69) is 15.4 Å². The number of aromatic nitrogens is 3. The molecule has 0 spiro atoms. The quantitative estimate of drug-likeness (QED) is 0.868. The highest BCUT2D eigenvalue weighted by molar-refractivity contribution is 7.88. The second kappa shape index (κ2) is 4.46. The average molecular weight is 281 g/mol. The molecule has 1 aliphatic rings. The van der Waals surface area contributed by atoms with Crippen LogP contribution in [0.4, 0.5) is 5.82 Å². The maximum absolute atomic E-state index is 11.4. The lowest BCUT2D eigenvalue weighted by Crippen LogP contribution is -2.30. The van der Waals surface area contributed by atoms with Gasteiger partial charge in [0.1, 0.15) is 5.82 Å². The van der Waals surface area contributed by atoms with E-state index >= 15 is 0 Å². The lowest BCUT2D eigenvalue weighted by atomic mass is 10.2. The van der Waals surface area contributed by atoms with E-state index in [1.165, 1.54) is 10.6 Å². The van der Waals surface area contributed by atoms with Crippen molar-refractivity contribution < 1.29 is 8.42 Å². The van der Waals surface area contributed by atoms with Gasteiger partial charge in [0.15, 0.2) is 5.65 Å². The predicted octanol–water partition coefficient (Wildman–Crippen LogP) is 0.175. The van der Waals surface area contributed by atoms with E-state index in [0.29, 0.717) is 13.1 Å². The monoisotopic (exact) mass is 281 g/mol. The first-order valence-corrected chi connectivity index (χ1v) is 7.89. The molecule has 7 nitrogen and oxygen atoms in total. The highest BCUT2D eigenvalue weighted by Gasteiger charge is 2.28. The molecule has 1 atom stereocenters. The van der Waals surface area contributed by atoms with Crippen LogP contribution in [-0.4, -0.2) is 52.7 Å². The fraction of sp³-hybridized carbons (Fsp3) is 0.455. The van der Waals surface area contributed by atoms with E-state index < -0.39 is 10.0 Å². The van der Waals surface area contributed by atoms with E-state index in [1.54, 1.807) is 16.9 Å². The SMILES string of the molecule is CS(=O)(=O)N1CC[C@@H](Nc2ccc3nccn3n2)C1. The van der Waals surface area contributed by atoms with E-state index in [4.69, 9.17) is 0 Å². The standard InChI is InChI=1S/C11H15N5O2S/c1-19(17,18)15-6-4-9(8-15)13-10-2-3-11-12-5-7-16(11)14-10/h2-3,5,7,9H,4,6,8H2,1H3,(H,13,14)/t9-/m1/s1. The third kappa shape index (κ3) is 2.54. The van der Waals surface area contributed by atoms with Crippen molar-refractivity contribution in [1.29, 1.82) is 0 Å². The summed E-state index contributed by atoms with van der Waals surface area (Å²) in [4.78, 5) is 4.12. The van der Waals surface area contributed by atoms with Crippen molar-refractivity contribution in [3.63, 3.8) is 0 Å². The number of hydrogen-bond acceptors (Lipinski definition) is 5. The molecular formula is C11H15N5O2S. The van der Waals surface area contributed by atoms with Crippen LogP contribution in [0.3, 0.4) is 0 Å². The van der Waals surface area contributed by atoms with E-state index in [9.17, 15) is 8.42 Å². The van der Waals surface area contributed by atoms with Gasteiger partial charge in [0.05, 0.1) is 6.26 Å². The molecule has 0 aromatic carbocycles. The summed E-state index contributed by atoms with van der Waals surface area (Å²) >= 11 is 0. The minimum Gasteiger partial charge on any atom is -0.365 e. The lowest BCUT2D eigenvalue weighted by Gasteiger charge is -2.14. The number of nitrogens with one attached hydrogen (secondary N) is 1. The summed E-state index contributed by atoms with van der Waals surface area (Å²) in [5, 5.41) is 7.62. The fourth-order valence-corrected chi connectivity index (χ4v) is 3.14. The van der Waals surface area contributed by atoms with Crippen molar-refractivity contribution in [2.45, 2.75) is 12.5 Å². The molecule has 0 saturated carbocycles. The van der Waals surface area contributed by atoms with Gasteiger partial charge in [0, 0.05) is 31.5 Å². The van der Waals surface area contributed by atoms with Crippen LogP contribution in [0.15, 0.2) is 24.5 Å². The van der Waals surface area contributed by atoms with Gasteiger partial charge in [-0.1, -0.05) is 0 Å². The molecular weight excluding hydrogens is 266 g/mol. The molecule has 3 heterocycles. The zero-order valence-electron chi connectivity index (χ0n) is 10.5. The second-order valence-electron chi connectivity index (χ2n) is 4.70. The summed E-state index contributed by atoms with van der Waals surface area (Å²) in [6.45, 7) is 1.05. The Hall–Kier alpha value is -1.67. The van der Waals surface area contributed by atoms with Crippen molar-refractivity contribution >= 4 is 21.5 Å². The Bertz CT molecular complexity index is 696. The van der Waals surface area contributed by atoms with Crippen LogP contribution < -0.4 is 5.32 Å². The highest BCUT2D eigenvalue weighted by Crippen LogP contribution is 2.16. The Labute approximate surface area is 111 Å². The molecule has 1 saturated heterocycles. The zero-order valence-corrected chi connectivity index (χ0v) is 11.3. The molecule has 0 amide bonds. The van der Waals surface area contributed by atoms with Crippen molar-refractivity contribution in [2.24, 2.45) is 0 Å². The molecule has 102 valence electrons. The Morgan fingerprint density at radius 2 is 2.26 bits per heavy atom. The normalized spacial score (nSPS) is 21.0. The third-order valence-corrected chi connectivity index (χ3v) is 4.50. The summed E-state index contributed by atoms with van der Waals surface area (Å²) in [6, 6.07) is 3.83. The van der Waals surface area contributed by atoms with Crippen LogP contribution in [0.2, 0.25) is 0 Å². The maximum atomic E-state index is 11.4. The predicted molar refractivity (Wildman–Crippen MR) is 71.4 cm³/mol. The van der Waals surface area contributed by atoms with Crippen molar-refractivity contribution in [3.8, 4) is 0 Å². The van der Waals surface area contributed by atoms with Crippen molar-refractivity contribution in [3.05, 3.63) is 24.5 Å². The summed E-state index contributed by atoms with van der Waals surface area (Å²) in [6.07, 6.45) is 5.49. The Morgan fingerprint density at radius 3 is 3.00 bits per heavy atom. The van der Waals surface area contributed by atoms with Gasteiger partial charge in [-0.2, -0.15) is 0 Å². The summed E-state index contributed by atoms with van der Waals surface area (Å²) in [5.41, 5.74) is 0.787. The Kier molecular flexibility index (Phi) is 2.90. The second-order valence-corrected chi connectivity index (χ2v) is 6.68. The maximum Gasteiger partial charge on any atom is 0.211 e. The van der Waals surface area contributed by atoms with Gasteiger partial charge in [-0.3, -0.25) is 0 Å². The zero-order chi connectivity index (χ0) is 13.5. The molecule has 19 heavy (non-hydrogen) atoms. The van der Waals surface area contributed by atoms with E-state index in [1.807, 2.05) is 12.1 Å². The smallest absolute Gasteiger partial charge is 0.211 e. The first-order chi connectivity index (χ1) is 9.02. The molecule has 1 aliphatic heterocycles. The third-order valence-electron chi connectivity index (χ3n) is 3.23. The number of hydrogen-bond donors (Lipinski definition) is 1. The average Bonchev–Trinajstić information content (AvgIpc) is 2.95. The molecule has 0 radical (unpaired) electrons. The van der Waals surface area contributed by atoms with Crippen molar-refractivity contribution in [1.82, 2.24) is 18.9 Å². The van der Waals surface area contributed by atoms with Crippen LogP contribution >= 0.6 is 0 Å². The van der Waals surface area contributed by atoms with Gasteiger partial charge in [-0.15, -0.1) is 5.10 Å². The van der Waals surface area contributed by atoms with E-state index in [-0.39, 0.29) is 6.04 Å². The minimum absolute atomic E-state index is 0.100. The van der Waals surface area contributed by atoms with Gasteiger partial charge in [-0.25, -0.2) is 22.2 Å². The molecule has 0 bridgehead atoms. The van der Waals surface area contributed by atoms with Gasteiger partial charge in [-0.05, 0) is 18.6 Å². The number of sulfonamides is 1. The van der Waals surface area contributed by atoms with E-state index in [0.717, 1.165) is 17.9 Å². The Balaban J connectivity index is 1.72. The van der Waals surface area contributed by atoms with Crippen LogP contribution in [0.5, 0.6) is 0 Å². The molecule has 1 N–H and O–H groups in total. The molecule has 0 aliphatic carbocycles. The molecule has 2 aromatic rings. The van der Waals surface area contributed by atoms with Gasteiger partial charge in [0.2, 0.25) is 10.0 Å². The molecule has 2 aromatic heterocycles. The van der Waals surface area contributed by atoms with Crippen molar-refractivity contribution in [2.75, 3.05) is 24.7 Å². The fourth-order valence-electron chi connectivity index (χ4n) is 2.25. The summed E-state index contributed by atoms with van der Waals surface area (Å²) < 4.78 is 26.1. The first kappa shape index (κ1) is 12.4. The van der Waals surface area contributed by atoms with Gasteiger partial charge < -0.3 is 5.32 Å². The summed E-state index contributed by atoms with van der Waals surface area (Å²) in [7, 11) is -3.10. The molecule has 1 fully saturated rings. The number of fused-ring (bicyclic) bond motifs is 1.